The lowest BCUT2D eigenvalue weighted by Crippen LogP contribution is -2.06. The topological polar surface area (TPSA) is 52.6 Å². The molecule has 1 atom stereocenters. The lowest BCUT2D eigenvalue weighted by Gasteiger charge is -2.12. The third kappa shape index (κ3) is 11.9. The standard InChI is InChI=1S/C32H46O4/c1-4-5-6-7-8-9-10-11-12-13-14-15-16-25-35-32(34)31-23-21-30(22-24-31)29-19-17-28(18-20-29)26(2)36-27(3)33/h17-24,26H,4-16,25H2,1-3H3. The van der Waals surface area contributed by atoms with Crippen molar-refractivity contribution in [3.05, 3.63) is 59.7 Å². The lowest BCUT2D eigenvalue weighted by molar-refractivity contribution is -0.145. The molecule has 0 aliphatic carbocycles. The van der Waals surface area contributed by atoms with Crippen molar-refractivity contribution in [3.8, 4) is 11.1 Å². The smallest absolute Gasteiger partial charge is 0.338 e. The molecule has 2 rings (SSSR count). The van der Waals surface area contributed by atoms with Crippen LogP contribution >= 0.6 is 0 Å². The van der Waals surface area contributed by atoms with Crippen molar-refractivity contribution < 1.29 is 19.1 Å². The van der Waals surface area contributed by atoms with Gasteiger partial charge in [-0.2, -0.15) is 0 Å². The van der Waals surface area contributed by atoms with Gasteiger partial charge in [0, 0.05) is 6.92 Å². The van der Waals surface area contributed by atoms with E-state index in [1.54, 1.807) is 0 Å². The van der Waals surface area contributed by atoms with E-state index < -0.39 is 0 Å². The van der Waals surface area contributed by atoms with Gasteiger partial charge in [0.1, 0.15) is 6.10 Å². The number of carbonyl (C=O) groups is 2. The maximum Gasteiger partial charge on any atom is 0.338 e. The first kappa shape index (κ1) is 29.6. The molecule has 36 heavy (non-hydrogen) atoms. The van der Waals surface area contributed by atoms with Crippen molar-refractivity contribution in [1.82, 2.24) is 0 Å². The van der Waals surface area contributed by atoms with Crippen molar-refractivity contribution in [1.29, 1.82) is 0 Å². The zero-order valence-electron chi connectivity index (χ0n) is 22.7. The second kappa shape index (κ2) is 17.8. The van der Waals surface area contributed by atoms with Crippen LogP contribution in [-0.4, -0.2) is 18.5 Å². The summed E-state index contributed by atoms with van der Waals surface area (Å²) in [4.78, 5) is 23.5. The number of ether oxygens (including phenoxy) is 2. The van der Waals surface area contributed by atoms with Crippen molar-refractivity contribution in [3.63, 3.8) is 0 Å². The Morgan fingerprint density at radius 3 is 1.58 bits per heavy atom. The molecular weight excluding hydrogens is 448 g/mol. The number of hydrogen-bond donors (Lipinski definition) is 0. The van der Waals surface area contributed by atoms with Crippen LogP contribution in [0, 0.1) is 0 Å². The minimum absolute atomic E-state index is 0.258. The Balaban J connectivity index is 1.58. The number of hydrogen-bond acceptors (Lipinski definition) is 4. The average molecular weight is 495 g/mol. The molecule has 198 valence electrons. The Labute approximate surface area is 218 Å². The molecular formula is C32H46O4. The van der Waals surface area contributed by atoms with Crippen LogP contribution in [0.2, 0.25) is 0 Å². The van der Waals surface area contributed by atoms with E-state index in [-0.39, 0.29) is 18.0 Å². The molecule has 0 radical (unpaired) electrons. The molecule has 0 saturated carbocycles. The van der Waals surface area contributed by atoms with Gasteiger partial charge < -0.3 is 9.47 Å². The van der Waals surface area contributed by atoms with E-state index in [0.717, 1.165) is 29.5 Å². The molecule has 1 unspecified atom stereocenters. The monoisotopic (exact) mass is 494 g/mol. The molecule has 0 bridgehead atoms. The maximum absolute atomic E-state index is 12.4. The quantitative estimate of drug-likeness (QED) is 0.153. The fourth-order valence-corrected chi connectivity index (χ4v) is 4.43. The molecule has 0 spiro atoms. The van der Waals surface area contributed by atoms with E-state index in [0.29, 0.717) is 12.2 Å². The summed E-state index contributed by atoms with van der Waals surface area (Å²) in [6, 6.07) is 15.4. The average Bonchev–Trinajstić information content (AvgIpc) is 2.88. The van der Waals surface area contributed by atoms with Crippen LogP contribution in [0.4, 0.5) is 0 Å². The van der Waals surface area contributed by atoms with E-state index >= 15 is 0 Å². The van der Waals surface area contributed by atoms with Crippen LogP contribution in [0.1, 0.15) is 126 Å². The van der Waals surface area contributed by atoms with Crippen molar-refractivity contribution >= 4 is 11.9 Å². The molecule has 0 saturated heterocycles. The van der Waals surface area contributed by atoms with Gasteiger partial charge in [0.05, 0.1) is 12.2 Å². The van der Waals surface area contributed by atoms with Gasteiger partial charge >= 0.3 is 11.9 Å². The molecule has 0 N–H and O–H groups in total. The van der Waals surface area contributed by atoms with Gasteiger partial charge in [-0.15, -0.1) is 0 Å². The lowest BCUT2D eigenvalue weighted by atomic mass is 10.0. The number of benzene rings is 2. The van der Waals surface area contributed by atoms with Gasteiger partial charge in [0.15, 0.2) is 0 Å². The van der Waals surface area contributed by atoms with Gasteiger partial charge in [0.25, 0.3) is 0 Å². The Kier molecular flexibility index (Phi) is 14.6. The van der Waals surface area contributed by atoms with Crippen LogP contribution in [0.15, 0.2) is 48.5 Å². The number of unbranched alkanes of at least 4 members (excludes halogenated alkanes) is 12. The summed E-state index contributed by atoms with van der Waals surface area (Å²) >= 11 is 0. The van der Waals surface area contributed by atoms with Gasteiger partial charge in [-0.3, -0.25) is 4.79 Å². The molecule has 0 aliphatic rings. The first-order valence-corrected chi connectivity index (χ1v) is 14.1. The molecule has 0 aromatic heterocycles. The molecule has 0 aliphatic heterocycles. The first-order chi connectivity index (χ1) is 17.5. The summed E-state index contributed by atoms with van der Waals surface area (Å²) in [6.45, 7) is 6.02. The molecule has 2 aromatic rings. The van der Waals surface area contributed by atoms with Crippen LogP contribution < -0.4 is 0 Å². The second-order valence-corrected chi connectivity index (χ2v) is 9.83. The van der Waals surface area contributed by atoms with E-state index in [1.807, 2.05) is 55.5 Å². The number of esters is 2. The largest absolute Gasteiger partial charge is 0.462 e. The summed E-state index contributed by atoms with van der Waals surface area (Å²) in [5.74, 6) is -0.547. The van der Waals surface area contributed by atoms with Crippen LogP contribution in [0.25, 0.3) is 11.1 Å². The van der Waals surface area contributed by atoms with Crippen molar-refractivity contribution in [2.45, 2.75) is 110 Å². The Bertz CT molecular complexity index is 870. The molecule has 0 heterocycles. The van der Waals surface area contributed by atoms with E-state index in [9.17, 15) is 9.59 Å². The van der Waals surface area contributed by atoms with Gasteiger partial charge in [-0.1, -0.05) is 120 Å². The molecule has 4 nitrogen and oxygen atoms in total. The van der Waals surface area contributed by atoms with Crippen molar-refractivity contribution in [2.75, 3.05) is 6.61 Å². The number of carbonyl (C=O) groups excluding carboxylic acids is 2. The second-order valence-electron chi connectivity index (χ2n) is 9.83. The zero-order valence-corrected chi connectivity index (χ0v) is 22.7. The first-order valence-electron chi connectivity index (χ1n) is 14.1. The van der Waals surface area contributed by atoms with Gasteiger partial charge in [0.2, 0.25) is 0 Å². The van der Waals surface area contributed by atoms with Gasteiger partial charge in [-0.05, 0) is 42.2 Å². The third-order valence-electron chi connectivity index (χ3n) is 6.66. The highest BCUT2D eigenvalue weighted by atomic mass is 16.5. The minimum atomic E-state index is -0.289. The molecule has 4 heteroatoms. The van der Waals surface area contributed by atoms with E-state index in [1.165, 1.54) is 77.6 Å². The van der Waals surface area contributed by atoms with Crippen LogP contribution in [-0.2, 0) is 14.3 Å². The fraction of sp³-hybridized carbons (Fsp3) is 0.562. The van der Waals surface area contributed by atoms with Gasteiger partial charge in [-0.25, -0.2) is 4.79 Å². The predicted octanol–water partition coefficient (Wildman–Crippen LogP) is 9.23. The third-order valence-corrected chi connectivity index (χ3v) is 6.66. The van der Waals surface area contributed by atoms with E-state index in [4.69, 9.17) is 9.47 Å². The highest BCUT2D eigenvalue weighted by molar-refractivity contribution is 5.90. The summed E-state index contributed by atoms with van der Waals surface area (Å²) in [6.07, 6.45) is 16.7. The SMILES string of the molecule is CCCCCCCCCCCCCCCOC(=O)c1ccc(-c2ccc(C(C)OC(C)=O)cc2)cc1. The normalized spacial score (nSPS) is 11.8. The minimum Gasteiger partial charge on any atom is -0.462 e. The van der Waals surface area contributed by atoms with Crippen molar-refractivity contribution in [2.24, 2.45) is 0 Å². The predicted molar refractivity (Wildman–Crippen MR) is 148 cm³/mol. The Hall–Kier alpha value is -2.62. The van der Waals surface area contributed by atoms with E-state index in [2.05, 4.69) is 6.92 Å². The Morgan fingerprint density at radius 2 is 1.11 bits per heavy atom. The molecule has 0 fully saturated rings. The summed E-state index contributed by atoms with van der Waals surface area (Å²) in [5.41, 5.74) is 3.59. The molecule has 0 amide bonds. The highest BCUT2D eigenvalue weighted by Gasteiger charge is 2.10. The summed E-state index contributed by atoms with van der Waals surface area (Å²) in [7, 11) is 0. The highest BCUT2D eigenvalue weighted by Crippen LogP contribution is 2.24. The van der Waals surface area contributed by atoms with Crippen LogP contribution in [0.3, 0.4) is 0 Å². The summed E-state index contributed by atoms with van der Waals surface area (Å²) < 4.78 is 10.7. The number of rotatable bonds is 18. The molecule has 2 aromatic carbocycles. The maximum atomic E-state index is 12.4. The zero-order chi connectivity index (χ0) is 26.0. The fourth-order valence-electron chi connectivity index (χ4n) is 4.43. The summed E-state index contributed by atoms with van der Waals surface area (Å²) in [5, 5.41) is 0. The Morgan fingerprint density at radius 1 is 0.667 bits per heavy atom. The van der Waals surface area contributed by atoms with Crippen LogP contribution in [0.5, 0.6) is 0 Å².